The molecule has 0 aliphatic heterocycles. The van der Waals surface area contributed by atoms with E-state index in [4.69, 9.17) is 4.42 Å². The minimum absolute atomic E-state index is 0.0714. The molecule has 0 aliphatic carbocycles. The van der Waals surface area contributed by atoms with Gasteiger partial charge in [0.15, 0.2) is 5.76 Å². The number of rotatable bonds is 4. The molecule has 2 rings (SSSR count). The van der Waals surface area contributed by atoms with E-state index in [0.717, 1.165) is 24.4 Å². The molecule has 1 heterocycles. The van der Waals surface area contributed by atoms with Crippen LogP contribution in [0.1, 0.15) is 16.1 Å². The Bertz CT molecular complexity index is 722. The lowest BCUT2D eigenvalue weighted by atomic mass is 10.2. The first kappa shape index (κ1) is 14.1. The average molecular weight is 291 g/mol. The summed E-state index contributed by atoms with van der Waals surface area (Å²) in [6, 6.07) is 5.89. The molecule has 0 fully saturated rings. The second kappa shape index (κ2) is 5.74. The Balaban J connectivity index is 2.04. The normalized spacial score (nSPS) is 10.7. The van der Waals surface area contributed by atoms with Gasteiger partial charge in [-0.15, -0.1) is 0 Å². The van der Waals surface area contributed by atoms with Crippen molar-refractivity contribution in [1.82, 2.24) is 5.43 Å². The summed E-state index contributed by atoms with van der Waals surface area (Å²) in [5.41, 5.74) is 1.91. The van der Waals surface area contributed by atoms with Gasteiger partial charge in [0, 0.05) is 0 Å². The van der Waals surface area contributed by atoms with Crippen molar-refractivity contribution in [3.63, 3.8) is 0 Å². The largest absolute Gasteiger partial charge is 0.508 e. The van der Waals surface area contributed by atoms with Crippen LogP contribution in [0.5, 0.6) is 11.5 Å². The second-order valence-corrected chi connectivity index (χ2v) is 3.83. The quantitative estimate of drug-likeness (QED) is 0.336. The highest BCUT2D eigenvalue weighted by atomic mass is 16.6. The Kier molecular flexibility index (Phi) is 3.84. The third-order valence-electron chi connectivity index (χ3n) is 2.38. The van der Waals surface area contributed by atoms with Gasteiger partial charge in [0.2, 0.25) is 0 Å². The fraction of sp³-hybridized carbons (Fsp3) is 0. The first-order valence-electron chi connectivity index (χ1n) is 5.57. The number of carbonyl (C=O) groups excluding carboxylic acids is 1. The monoisotopic (exact) mass is 291 g/mol. The fourth-order valence-electron chi connectivity index (χ4n) is 1.43. The van der Waals surface area contributed by atoms with Crippen molar-refractivity contribution in [2.45, 2.75) is 0 Å². The van der Waals surface area contributed by atoms with Crippen LogP contribution < -0.4 is 5.43 Å². The number of hydrogen-bond acceptors (Lipinski definition) is 7. The molecule has 0 bridgehead atoms. The number of furan rings is 1. The lowest BCUT2D eigenvalue weighted by Gasteiger charge is -2.02. The molecule has 21 heavy (non-hydrogen) atoms. The number of nitrogens with zero attached hydrogens (tertiary/aromatic N) is 2. The summed E-state index contributed by atoms with van der Waals surface area (Å²) in [5.74, 6) is -1.66. The zero-order valence-electron chi connectivity index (χ0n) is 10.4. The molecule has 9 nitrogen and oxygen atoms in total. The van der Waals surface area contributed by atoms with Crippen molar-refractivity contribution in [2.24, 2.45) is 5.10 Å². The summed E-state index contributed by atoms with van der Waals surface area (Å²) in [5, 5.41) is 32.6. The Labute approximate surface area is 117 Å². The van der Waals surface area contributed by atoms with E-state index in [2.05, 4.69) is 10.5 Å². The molecule has 0 atom stereocenters. The molecular weight excluding hydrogens is 282 g/mol. The maximum absolute atomic E-state index is 11.7. The van der Waals surface area contributed by atoms with E-state index >= 15 is 0 Å². The molecule has 0 unspecified atom stereocenters. The summed E-state index contributed by atoms with van der Waals surface area (Å²) in [7, 11) is 0. The van der Waals surface area contributed by atoms with E-state index in [1.54, 1.807) is 0 Å². The summed E-state index contributed by atoms with van der Waals surface area (Å²) in [4.78, 5) is 21.4. The average Bonchev–Trinajstić information content (AvgIpc) is 2.90. The first-order valence-corrected chi connectivity index (χ1v) is 5.57. The highest BCUT2D eigenvalue weighted by Gasteiger charge is 2.12. The van der Waals surface area contributed by atoms with Crippen LogP contribution >= 0.6 is 0 Å². The predicted octanol–water partition coefficient (Wildman–Crippen LogP) is 1.36. The van der Waals surface area contributed by atoms with Gasteiger partial charge in [-0.2, -0.15) is 5.10 Å². The topological polar surface area (TPSA) is 138 Å². The van der Waals surface area contributed by atoms with Crippen LogP contribution in [0.4, 0.5) is 5.88 Å². The van der Waals surface area contributed by atoms with E-state index in [9.17, 15) is 25.1 Å². The maximum atomic E-state index is 11.7. The Morgan fingerprint density at radius 3 is 2.76 bits per heavy atom. The smallest absolute Gasteiger partial charge is 0.433 e. The number of phenols is 2. The number of carbonyl (C=O) groups is 1. The predicted molar refractivity (Wildman–Crippen MR) is 70.2 cm³/mol. The lowest BCUT2D eigenvalue weighted by Crippen LogP contribution is -2.17. The van der Waals surface area contributed by atoms with Gasteiger partial charge in [-0.25, -0.2) is 5.43 Å². The molecule has 2 aromatic rings. The molecule has 0 spiro atoms. The van der Waals surface area contributed by atoms with Gasteiger partial charge in [0.1, 0.15) is 16.4 Å². The van der Waals surface area contributed by atoms with Crippen molar-refractivity contribution in [3.8, 4) is 11.5 Å². The van der Waals surface area contributed by atoms with Crippen molar-refractivity contribution in [1.29, 1.82) is 0 Å². The summed E-state index contributed by atoms with van der Waals surface area (Å²) < 4.78 is 4.79. The molecule has 0 aliphatic rings. The van der Waals surface area contributed by atoms with Crippen molar-refractivity contribution in [3.05, 3.63) is 51.8 Å². The Morgan fingerprint density at radius 2 is 2.10 bits per heavy atom. The van der Waals surface area contributed by atoms with Gasteiger partial charge in [0.05, 0.1) is 17.8 Å². The minimum atomic E-state index is -0.763. The maximum Gasteiger partial charge on any atom is 0.433 e. The molecule has 3 N–H and O–H groups in total. The zero-order valence-corrected chi connectivity index (χ0v) is 10.4. The van der Waals surface area contributed by atoms with Crippen LogP contribution in [0.25, 0.3) is 0 Å². The van der Waals surface area contributed by atoms with E-state index in [1.165, 1.54) is 12.1 Å². The van der Waals surface area contributed by atoms with Gasteiger partial charge in [-0.3, -0.25) is 14.9 Å². The van der Waals surface area contributed by atoms with Crippen molar-refractivity contribution < 1.29 is 24.3 Å². The SMILES string of the molecule is O=C(NN=Cc1ccc([N+](=O)[O-])o1)c1cc(O)ccc1O. The number of aromatic hydroxyl groups is 2. The standard InChI is InChI=1S/C12H9N3O6/c16-7-1-3-10(17)9(5-7)12(18)14-13-6-8-2-4-11(21-8)15(19)20/h1-6,16-17H,(H,14,18). The Hall–Kier alpha value is -3.36. The number of nitrogens with one attached hydrogen (secondary N) is 1. The minimum Gasteiger partial charge on any atom is -0.508 e. The molecule has 0 radical (unpaired) electrons. The number of hydrazone groups is 1. The number of amides is 1. The number of benzene rings is 1. The molecule has 0 saturated carbocycles. The first-order chi connectivity index (χ1) is 9.97. The van der Waals surface area contributed by atoms with Gasteiger partial charge in [-0.05, 0) is 24.3 Å². The highest BCUT2D eigenvalue weighted by Crippen LogP contribution is 2.21. The van der Waals surface area contributed by atoms with Crippen LogP contribution in [0.15, 0.2) is 39.9 Å². The van der Waals surface area contributed by atoms with Crippen molar-refractivity contribution >= 4 is 18.0 Å². The molecule has 1 aromatic heterocycles. The summed E-state index contributed by atoms with van der Waals surface area (Å²) in [6.45, 7) is 0. The highest BCUT2D eigenvalue weighted by molar-refractivity contribution is 5.97. The second-order valence-electron chi connectivity index (χ2n) is 3.83. The van der Waals surface area contributed by atoms with E-state index in [0.29, 0.717) is 0 Å². The third kappa shape index (κ3) is 3.35. The lowest BCUT2D eigenvalue weighted by molar-refractivity contribution is -0.402. The van der Waals surface area contributed by atoms with E-state index in [1.807, 2.05) is 0 Å². The van der Waals surface area contributed by atoms with Crippen molar-refractivity contribution in [2.75, 3.05) is 0 Å². The molecule has 0 saturated heterocycles. The number of hydrogen-bond donors (Lipinski definition) is 3. The molecule has 1 aromatic carbocycles. The zero-order chi connectivity index (χ0) is 15.4. The molecule has 1 amide bonds. The molecular formula is C12H9N3O6. The molecule has 9 heteroatoms. The van der Waals surface area contributed by atoms with Crippen LogP contribution in [-0.4, -0.2) is 27.3 Å². The van der Waals surface area contributed by atoms with E-state index < -0.39 is 16.7 Å². The van der Waals surface area contributed by atoms with Crippen LogP contribution in [0, 0.1) is 10.1 Å². The fourth-order valence-corrected chi connectivity index (χ4v) is 1.43. The van der Waals surface area contributed by atoms with Gasteiger partial charge in [-0.1, -0.05) is 0 Å². The summed E-state index contributed by atoms with van der Waals surface area (Å²) in [6.07, 6.45) is 1.06. The summed E-state index contributed by atoms with van der Waals surface area (Å²) >= 11 is 0. The van der Waals surface area contributed by atoms with Gasteiger partial charge < -0.3 is 14.6 Å². The van der Waals surface area contributed by atoms with Gasteiger partial charge in [0.25, 0.3) is 5.91 Å². The van der Waals surface area contributed by atoms with Crippen LogP contribution in [-0.2, 0) is 0 Å². The number of nitro groups is 1. The van der Waals surface area contributed by atoms with E-state index in [-0.39, 0.29) is 22.8 Å². The number of phenolic OH excluding ortho intramolecular Hbond substituents is 2. The van der Waals surface area contributed by atoms with Gasteiger partial charge >= 0.3 is 5.88 Å². The molecule has 108 valence electrons. The third-order valence-corrected chi connectivity index (χ3v) is 2.38. The van der Waals surface area contributed by atoms with Crippen LogP contribution in [0.3, 0.4) is 0 Å². The van der Waals surface area contributed by atoms with Crippen LogP contribution in [0.2, 0.25) is 0 Å². The Morgan fingerprint density at radius 1 is 1.33 bits per heavy atom.